The summed E-state index contributed by atoms with van der Waals surface area (Å²) in [7, 11) is 0. The molecule has 0 saturated carbocycles. The maximum atomic E-state index is 12.9. The first-order valence-electron chi connectivity index (χ1n) is 5.28. The van der Waals surface area contributed by atoms with E-state index in [1.807, 2.05) is 20.8 Å². The van der Waals surface area contributed by atoms with Crippen molar-refractivity contribution >= 4 is 27.8 Å². The van der Waals surface area contributed by atoms with Gasteiger partial charge in [0.25, 0.3) is 0 Å². The number of hydrogen-bond donors (Lipinski definition) is 2. The zero-order valence-electron chi connectivity index (χ0n) is 10.1. The lowest BCUT2D eigenvalue weighted by Gasteiger charge is -2.25. The molecule has 0 aliphatic carbocycles. The number of benzene rings is 1. The van der Waals surface area contributed by atoms with Gasteiger partial charge in [-0.15, -0.1) is 0 Å². The minimum absolute atomic E-state index is 0.133. The molecule has 0 atom stereocenters. The van der Waals surface area contributed by atoms with Crippen LogP contribution in [-0.4, -0.2) is 11.8 Å². The maximum absolute atomic E-state index is 12.9. The summed E-state index contributed by atoms with van der Waals surface area (Å²) < 4.78 is 13.5. The predicted octanol–water partition coefficient (Wildman–Crippen LogP) is 3.93. The quantitative estimate of drug-likeness (QED) is 0.815. The van der Waals surface area contributed by atoms with Crippen LogP contribution in [0.15, 0.2) is 28.7 Å². The Morgan fingerprint density at radius 2 is 1.82 bits per heavy atom. The van der Waals surface area contributed by atoms with Crippen LogP contribution in [0.25, 0.3) is 5.70 Å². The fourth-order valence-corrected chi connectivity index (χ4v) is 1.66. The third kappa shape index (κ3) is 4.30. The standard InChI is InChI=1S/C13H16BrFN2/c1-13(2,3)17-12(11(14)8-16)9-4-6-10(15)7-5-9/h4-8,16-17H,1-3H3/b12-11+,16-8?. The van der Waals surface area contributed by atoms with Gasteiger partial charge in [0.2, 0.25) is 0 Å². The summed E-state index contributed by atoms with van der Waals surface area (Å²) in [6, 6.07) is 6.19. The molecule has 1 rings (SSSR count). The van der Waals surface area contributed by atoms with Crippen LogP contribution in [0.4, 0.5) is 4.39 Å². The number of hydrogen-bond acceptors (Lipinski definition) is 2. The highest BCUT2D eigenvalue weighted by atomic mass is 79.9. The minimum atomic E-state index is -0.269. The molecule has 4 heteroatoms. The van der Waals surface area contributed by atoms with Gasteiger partial charge < -0.3 is 10.7 Å². The number of rotatable bonds is 3. The molecule has 0 aromatic heterocycles. The van der Waals surface area contributed by atoms with Crippen LogP contribution < -0.4 is 5.32 Å². The fourth-order valence-electron chi connectivity index (χ4n) is 1.33. The second kappa shape index (κ2) is 5.45. The Kier molecular flexibility index (Phi) is 4.46. The van der Waals surface area contributed by atoms with Crippen molar-refractivity contribution in [2.24, 2.45) is 0 Å². The highest BCUT2D eigenvalue weighted by molar-refractivity contribution is 9.12. The molecule has 0 fully saturated rings. The number of halogens is 2. The Hall–Kier alpha value is -1.16. The third-order valence-electron chi connectivity index (χ3n) is 2.00. The Labute approximate surface area is 110 Å². The van der Waals surface area contributed by atoms with Gasteiger partial charge in [-0.05, 0) is 66.5 Å². The van der Waals surface area contributed by atoms with Crippen molar-refractivity contribution in [1.29, 1.82) is 5.41 Å². The van der Waals surface area contributed by atoms with Crippen LogP contribution in [0.3, 0.4) is 0 Å². The van der Waals surface area contributed by atoms with Crippen LogP contribution in [0.1, 0.15) is 26.3 Å². The van der Waals surface area contributed by atoms with Gasteiger partial charge in [0.05, 0.1) is 10.2 Å². The summed E-state index contributed by atoms with van der Waals surface area (Å²) >= 11 is 3.33. The Morgan fingerprint density at radius 1 is 1.29 bits per heavy atom. The van der Waals surface area contributed by atoms with Gasteiger partial charge in [-0.1, -0.05) is 0 Å². The van der Waals surface area contributed by atoms with Gasteiger partial charge in [-0.25, -0.2) is 4.39 Å². The lowest BCUT2D eigenvalue weighted by molar-refractivity contribution is 0.501. The van der Waals surface area contributed by atoms with Crippen molar-refractivity contribution in [3.05, 3.63) is 40.1 Å². The van der Waals surface area contributed by atoms with E-state index in [0.29, 0.717) is 4.48 Å². The van der Waals surface area contributed by atoms with Crippen molar-refractivity contribution in [3.63, 3.8) is 0 Å². The molecule has 1 aromatic rings. The highest BCUT2D eigenvalue weighted by Crippen LogP contribution is 2.22. The average molecular weight is 299 g/mol. The highest BCUT2D eigenvalue weighted by Gasteiger charge is 2.14. The Morgan fingerprint density at radius 3 is 2.24 bits per heavy atom. The van der Waals surface area contributed by atoms with Gasteiger partial charge in [0.1, 0.15) is 5.82 Å². The zero-order valence-corrected chi connectivity index (χ0v) is 11.7. The topological polar surface area (TPSA) is 35.9 Å². The van der Waals surface area contributed by atoms with Gasteiger partial charge in [-0.3, -0.25) is 0 Å². The molecule has 0 amide bonds. The van der Waals surface area contributed by atoms with Crippen molar-refractivity contribution < 1.29 is 4.39 Å². The van der Waals surface area contributed by atoms with E-state index in [4.69, 9.17) is 5.41 Å². The molecular weight excluding hydrogens is 283 g/mol. The molecule has 0 aliphatic rings. The molecule has 2 N–H and O–H groups in total. The van der Waals surface area contributed by atoms with Crippen LogP contribution in [0, 0.1) is 11.2 Å². The molecule has 0 bridgehead atoms. The van der Waals surface area contributed by atoms with E-state index in [9.17, 15) is 4.39 Å². The first-order chi connectivity index (χ1) is 7.83. The van der Waals surface area contributed by atoms with Crippen LogP contribution in [0.5, 0.6) is 0 Å². The van der Waals surface area contributed by atoms with Gasteiger partial charge >= 0.3 is 0 Å². The van der Waals surface area contributed by atoms with Gasteiger partial charge in [-0.2, -0.15) is 0 Å². The largest absolute Gasteiger partial charge is 0.379 e. The van der Waals surface area contributed by atoms with E-state index >= 15 is 0 Å². The van der Waals surface area contributed by atoms with Crippen molar-refractivity contribution in [3.8, 4) is 0 Å². The smallest absolute Gasteiger partial charge is 0.123 e. The monoisotopic (exact) mass is 298 g/mol. The van der Waals surface area contributed by atoms with Crippen molar-refractivity contribution in [1.82, 2.24) is 5.32 Å². The summed E-state index contributed by atoms with van der Waals surface area (Å²) in [6.45, 7) is 6.09. The van der Waals surface area contributed by atoms with E-state index < -0.39 is 0 Å². The summed E-state index contributed by atoms with van der Waals surface area (Å²) in [6.07, 6.45) is 1.22. The SMILES string of the molecule is CC(C)(C)N/C(=C(/Br)C=N)c1ccc(F)cc1. The van der Waals surface area contributed by atoms with E-state index in [0.717, 1.165) is 11.3 Å². The molecule has 0 aliphatic heterocycles. The normalized spacial score (nSPS) is 13.0. The third-order valence-corrected chi connectivity index (χ3v) is 2.62. The van der Waals surface area contributed by atoms with Gasteiger partial charge in [0.15, 0.2) is 0 Å². The van der Waals surface area contributed by atoms with E-state index in [2.05, 4.69) is 21.2 Å². The molecular formula is C13H16BrFN2. The lowest BCUT2D eigenvalue weighted by Crippen LogP contribution is -2.34. The predicted molar refractivity (Wildman–Crippen MR) is 73.9 cm³/mol. The molecule has 0 saturated heterocycles. The molecule has 2 nitrogen and oxygen atoms in total. The van der Waals surface area contributed by atoms with Crippen LogP contribution >= 0.6 is 15.9 Å². The molecule has 17 heavy (non-hydrogen) atoms. The first kappa shape index (κ1) is 13.9. The van der Waals surface area contributed by atoms with E-state index in [1.165, 1.54) is 18.3 Å². The summed E-state index contributed by atoms with van der Waals surface area (Å²) in [4.78, 5) is 0. The average Bonchev–Trinajstić information content (AvgIpc) is 2.25. The van der Waals surface area contributed by atoms with Crippen LogP contribution in [0.2, 0.25) is 0 Å². The first-order valence-corrected chi connectivity index (χ1v) is 6.07. The van der Waals surface area contributed by atoms with Crippen molar-refractivity contribution in [2.75, 3.05) is 0 Å². The molecule has 0 radical (unpaired) electrons. The number of allylic oxidation sites excluding steroid dienone is 1. The second-order valence-corrected chi connectivity index (χ2v) is 5.60. The van der Waals surface area contributed by atoms with E-state index in [-0.39, 0.29) is 11.4 Å². The lowest BCUT2D eigenvalue weighted by atomic mass is 10.1. The van der Waals surface area contributed by atoms with Crippen molar-refractivity contribution in [2.45, 2.75) is 26.3 Å². The summed E-state index contributed by atoms with van der Waals surface area (Å²) in [5, 5.41) is 10.6. The Balaban J connectivity index is 3.17. The molecule has 0 unspecified atom stereocenters. The second-order valence-electron chi connectivity index (χ2n) is 4.75. The molecule has 92 valence electrons. The summed E-state index contributed by atoms with van der Waals surface area (Å²) in [5.41, 5.74) is 1.50. The maximum Gasteiger partial charge on any atom is 0.123 e. The fraction of sp³-hybridized carbons (Fsp3) is 0.308. The van der Waals surface area contributed by atoms with E-state index in [1.54, 1.807) is 12.1 Å². The van der Waals surface area contributed by atoms with Crippen LogP contribution in [-0.2, 0) is 0 Å². The van der Waals surface area contributed by atoms with Gasteiger partial charge in [0, 0.05) is 11.8 Å². The minimum Gasteiger partial charge on any atom is -0.379 e. The number of nitrogens with one attached hydrogen (secondary N) is 2. The zero-order chi connectivity index (χ0) is 13.1. The molecule has 0 spiro atoms. The molecule has 0 heterocycles. The Bertz CT molecular complexity index is 430. The molecule has 1 aromatic carbocycles. The summed E-state index contributed by atoms with van der Waals surface area (Å²) in [5.74, 6) is -0.269.